The van der Waals surface area contributed by atoms with Gasteiger partial charge >= 0.3 is 0 Å². The minimum atomic E-state index is -1.70. The monoisotopic (exact) mass is 524 g/mol. The number of nitriles is 1. The Morgan fingerprint density at radius 3 is 2.58 bits per heavy atom. The maximum atomic E-state index is 13.8. The number of carbonyl (C=O) groups is 2. The van der Waals surface area contributed by atoms with Gasteiger partial charge in [0, 0.05) is 58.1 Å². The second-order valence-electron chi connectivity index (χ2n) is 8.60. The minimum absolute atomic E-state index is 0.162. The lowest BCUT2D eigenvalue weighted by molar-refractivity contribution is -0.138. The number of hydrogen-bond acceptors (Lipinski definition) is 9. The molecule has 0 spiro atoms. The fourth-order valence-electron chi connectivity index (χ4n) is 4.75. The van der Waals surface area contributed by atoms with Gasteiger partial charge in [-0.1, -0.05) is 0 Å². The van der Waals surface area contributed by atoms with E-state index in [1.807, 2.05) is 25.8 Å². The van der Waals surface area contributed by atoms with Crippen LogP contribution in [-0.4, -0.2) is 107 Å². The molecule has 2 fully saturated rings. The van der Waals surface area contributed by atoms with Crippen molar-refractivity contribution in [2.45, 2.75) is 31.3 Å². The Bertz CT molecular complexity index is 938. The molecule has 0 bridgehead atoms. The van der Waals surface area contributed by atoms with E-state index in [1.54, 1.807) is 27.3 Å². The summed E-state index contributed by atoms with van der Waals surface area (Å²) in [7, 11) is 1.58. The summed E-state index contributed by atoms with van der Waals surface area (Å²) in [4.78, 5) is 23.0. The first-order valence-electron chi connectivity index (χ1n) is 11.7. The third-order valence-corrected chi connectivity index (χ3v) is 8.37. The van der Waals surface area contributed by atoms with E-state index in [9.17, 15) is 19.3 Å². The van der Waals surface area contributed by atoms with Gasteiger partial charge in [0.1, 0.15) is 12.3 Å². The number of benzene rings is 1. The van der Waals surface area contributed by atoms with Gasteiger partial charge in [-0.2, -0.15) is 9.57 Å². The number of aliphatic hydroxyl groups excluding tert-OH is 1. The number of hydrogen-bond donors (Lipinski definition) is 4. The third kappa shape index (κ3) is 6.46. The van der Waals surface area contributed by atoms with Gasteiger partial charge in [-0.3, -0.25) is 10.0 Å². The van der Waals surface area contributed by atoms with Crippen molar-refractivity contribution in [3.63, 3.8) is 0 Å². The van der Waals surface area contributed by atoms with Crippen LogP contribution in [0, 0.1) is 18.3 Å². The first kappa shape index (κ1) is 29.8. The van der Waals surface area contributed by atoms with Crippen molar-refractivity contribution in [1.29, 1.82) is 5.26 Å². The molecule has 4 N–H and O–H groups in total. The second-order valence-corrected chi connectivity index (χ2v) is 9.97. The van der Waals surface area contributed by atoms with Gasteiger partial charge in [0.05, 0.1) is 24.8 Å². The van der Waals surface area contributed by atoms with Crippen molar-refractivity contribution in [2.24, 2.45) is 0 Å². The summed E-state index contributed by atoms with van der Waals surface area (Å²) in [5.41, 5.74) is 3.14. The highest BCUT2D eigenvalue weighted by Crippen LogP contribution is 2.37. The molecule has 1 amide bonds. The first-order chi connectivity index (χ1) is 17.4. The van der Waals surface area contributed by atoms with E-state index in [0.29, 0.717) is 57.7 Å². The van der Waals surface area contributed by atoms with Crippen LogP contribution in [0.25, 0.3) is 0 Å². The molecule has 3 atom stereocenters. The van der Waals surface area contributed by atoms with Crippen LogP contribution in [0.15, 0.2) is 18.2 Å². The van der Waals surface area contributed by atoms with Crippen molar-refractivity contribution in [3.05, 3.63) is 29.3 Å². The zero-order valence-electron chi connectivity index (χ0n) is 20.8. The highest BCUT2D eigenvalue weighted by atomic mass is 32.2. The van der Waals surface area contributed by atoms with Crippen molar-refractivity contribution in [2.75, 3.05) is 64.5 Å². The Morgan fingerprint density at radius 1 is 1.33 bits per heavy atom. The summed E-state index contributed by atoms with van der Waals surface area (Å²) < 4.78 is 22.2. The number of hydroxylamine groups is 1. The molecule has 1 aromatic rings. The van der Waals surface area contributed by atoms with Gasteiger partial charge < -0.3 is 24.9 Å². The topological polar surface area (TPSA) is 158 Å². The first-order valence-corrected chi connectivity index (χ1v) is 12.7. The summed E-state index contributed by atoms with van der Waals surface area (Å²) in [6.07, 6.45) is 0.826. The fraction of sp³-hybridized carbons (Fsp3) is 0.609. The van der Waals surface area contributed by atoms with Gasteiger partial charge in [0.2, 0.25) is 0 Å². The van der Waals surface area contributed by atoms with E-state index >= 15 is 0 Å². The molecule has 2 saturated heterocycles. The van der Waals surface area contributed by atoms with Crippen LogP contribution in [0.5, 0.6) is 0 Å². The maximum Gasteiger partial charge on any atom is 0.266 e. The number of nitrogens with one attached hydrogen (secondary N) is 2. The summed E-state index contributed by atoms with van der Waals surface area (Å²) in [6, 6.07) is 7.26. The maximum absolute atomic E-state index is 13.8. The summed E-state index contributed by atoms with van der Waals surface area (Å²) in [6.45, 7) is 7.06. The third-order valence-electron chi connectivity index (χ3n) is 6.57. The van der Waals surface area contributed by atoms with Crippen LogP contribution in [0.4, 0.5) is 5.69 Å². The van der Waals surface area contributed by atoms with Crippen molar-refractivity contribution in [3.8, 4) is 6.07 Å². The molecule has 13 heteroatoms. The van der Waals surface area contributed by atoms with Crippen LogP contribution < -0.4 is 15.7 Å². The molecule has 2 aliphatic heterocycles. The Morgan fingerprint density at radius 2 is 2.03 bits per heavy atom. The van der Waals surface area contributed by atoms with Crippen LogP contribution >= 0.6 is 0 Å². The van der Waals surface area contributed by atoms with E-state index in [2.05, 4.69) is 16.3 Å². The summed E-state index contributed by atoms with van der Waals surface area (Å²) in [5.74, 6) is -0.645. The summed E-state index contributed by atoms with van der Waals surface area (Å²) in [5, 5.41) is 31.7. The highest BCUT2D eigenvalue weighted by molar-refractivity contribution is 7.80. The molecule has 12 nitrogen and oxygen atoms in total. The predicted octanol–water partition coefficient (Wildman–Crippen LogP) is -0.681. The SMILES string of the molecule is C=O.COCCNCC1(C(=O)NO)CCC(CO)N1S(=O)N1CCN(c2ccc(C#N)cc2C)CC1. The number of anilines is 1. The van der Waals surface area contributed by atoms with Gasteiger partial charge in [-0.15, -0.1) is 0 Å². The smallest absolute Gasteiger partial charge is 0.266 e. The van der Waals surface area contributed by atoms with Crippen LogP contribution in [0.2, 0.25) is 0 Å². The quantitative estimate of drug-likeness (QED) is 0.177. The van der Waals surface area contributed by atoms with Gasteiger partial charge in [0.25, 0.3) is 5.91 Å². The Labute approximate surface area is 214 Å². The van der Waals surface area contributed by atoms with Crippen molar-refractivity contribution < 1.29 is 28.8 Å². The number of amides is 1. The van der Waals surface area contributed by atoms with Crippen LogP contribution in [0.3, 0.4) is 0 Å². The molecule has 0 aromatic heterocycles. The van der Waals surface area contributed by atoms with Crippen molar-refractivity contribution in [1.82, 2.24) is 19.4 Å². The molecule has 1 aromatic carbocycles. The van der Waals surface area contributed by atoms with Crippen LogP contribution in [-0.2, 0) is 25.5 Å². The van der Waals surface area contributed by atoms with Crippen molar-refractivity contribution >= 4 is 29.6 Å². The highest BCUT2D eigenvalue weighted by Gasteiger charge is 2.55. The second kappa shape index (κ2) is 14.3. The molecule has 3 unspecified atom stereocenters. The molecule has 2 heterocycles. The van der Waals surface area contributed by atoms with E-state index < -0.39 is 28.7 Å². The Hall–Kier alpha value is -2.44. The normalized spacial score (nSPS) is 23.4. The van der Waals surface area contributed by atoms with Gasteiger partial charge in [-0.05, 0) is 43.5 Å². The number of piperazine rings is 1. The average molecular weight is 525 g/mol. The van der Waals surface area contributed by atoms with E-state index in [1.165, 1.54) is 0 Å². The fourth-order valence-corrected chi connectivity index (χ4v) is 6.44. The number of rotatable bonds is 10. The molecular weight excluding hydrogens is 488 g/mol. The minimum Gasteiger partial charge on any atom is -0.395 e. The average Bonchev–Trinajstić information content (AvgIpc) is 3.31. The molecule has 2 aliphatic rings. The molecule has 3 rings (SSSR count). The van der Waals surface area contributed by atoms with Crippen LogP contribution in [0.1, 0.15) is 24.0 Å². The molecule has 0 radical (unpaired) electrons. The lowest BCUT2D eigenvalue weighted by atomic mass is 9.96. The van der Waals surface area contributed by atoms with E-state index in [0.717, 1.165) is 11.3 Å². The lowest BCUT2D eigenvalue weighted by Crippen LogP contribution is -2.65. The number of aliphatic hydroxyl groups is 1. The predicted molar refractivity (Wildman–Crippen MR) is 134 cm³/mol. The molecular formula is C23H36N6O6S. The van der Waals surface area contributed by atoms with E-state index in [-0.39, 0.29) is 13.2 Å². The number of methoxy groups -OCH3 is 1. The van der Waals surface area contributed by atoms with E-state index in [4.69, 9.17) is 14.8 Å². The Balaban J connectivity index is 0.00000222. The standard InChI is InChI=1S/C22H34N6O5S.CH2O/c1-17-13-18(14-23)3-4-20(17)26-8-10-27(11-9-26)34(32)28-19(15-29)5-6-22(28,21(30)25-31)16-24-7-12-33-2;1-2/h3-4,13,19,24,29,31H,5-12,15-16H2,1-2H3,(H,25,30);1H2. The molecule has 0 aliphatic carbocycles. The molecule has 36 heavy (non-hydrogen) atoms. The largest absolute Gasteiger partial charge is 0.395 e. The summed E-state index contributed by atoms with van der Waals surface area (Å²) >= 11 is -1.70. The zero-order valence-corrected chi connectivity index (χ0v) is 21.6. The Kier molecular flexibility index (Phi) is 11.9. The molecule has 0 saturated carbocycles. The number of carbonyl (C=O) groups excluding carboxylic acids is 2. The number of aryl methyl sites for hydroxylation is 1. The number of nitrogens with zero attached hydrogens (tertiary/aromatic N) is 4. The van der Waals surface area contributed by atoms with Gasteiger partial charge in [0.15, 0.2) is 11.2 Å². The lowest BCUT2D eigenvalue weighted by Gasteiger charge is -2.42. The van der Waals surface area contributed by atoms with Gasteiger partial charge in [-0.25, -0.2) is 14.0 Å². The zero-order chi connectivity index (χ0) is 26.7. The number of ether oxygens (including phenoxy) is 1. The molecule has 200 valence electrons.